The third-order valence-corrected chi connectivity index (χ3v) is 6.15. The smallest absolute Gasteiger partial charge is 0.114 e. The van der Waals surface area contributed by atoms with Gasteiger partial charge in [-0.25, -0.2) is 4.98 Å². The summed E-state index contributed by atoms with van der Waals surface area (Å²) in [5.74, 6) is 1.01. The average Bonchev–Trinajstić information content (AvgIpc) is 3.10. The van der Waals surface area contributed by atoms with E-state index in [1.165, 1.54) is 5.56 Å². The summed E-state index contributed by atoms with van der Waals surface area (Å²) in [5.41, 5.74) is 6.22. The predicted molar refractivity (Wildman–Crippen MR) is 125 cm³/mol. The normalized spacial score (nSPS) is 11.3. The molecule has 0 atom stereocenters. The van der Waals surface area contributed by atoms with Crippen LogP contribution in [0.4, 0.5) is 0 Å². The largest absolute Gasteiger partial charge is 0.296 e. The monoisotopic (exact) mass is 442 g/mol. The molecule has 4 rings (SSSR count). The van der Waals surface area contributed by atoms with Gasteiger partial charge in [-0.2, -0.15) is 0 Å². The fraction of sp³-hybridized carbons (Fsp3) is 0.208. The molecule has 5 heteroatoms. The summed E-state index contributed by atoms with van der Waals surface area (Å²) in [7, 11) is 0. The van der Waals surface area contributed by atoms with E-state index < -0.39 is 0 Å². The van der Waals surface area contributed by atoms with Crippen LogP contribution < -0.4 is 0 Å². The highest BCUT2D eigenvalue weighted by Crippen LogP contribution is 2.41. The molecule has 3 aromatic carbocycles. The molecule has 2 nitrogen and oxygen atoms in total. The van der Waals surface area contributed by atoms with Gasteiger partial charge in [0.25, 0.3) is 0 Å². The average molecular weight is 444 g/mol. The summed E-state index contributed by atoms with van der Waals surface area (Å²) in [6.07, 6.45) is 2.78. The Bertz CT molecular complexity index is 1180. The molecule has 0 radical (unpaired) electrons. The molecule has 0 unspecified atom stereocenters. The summed E-state index contributed by atoms with van der Waals surface area (Å²) >= 11 is 19.2. The van der Waals surface area contributed by atoms with Gasteiger partial charge >= 0.3 is 0 Å². The number of nitrogens with zero attached hydrogens (tertiary/aromatic N) is 2. The molecule has 0 N–H and O–H groups in total. The number of imidazole rings is 1. The van der Waals surface area contributed by atoms with Crippen LogP contribution in [0.3, 0.4) is 0 Å². The molecule has 148 valence electrons. The number of halogens is 3. The summed E-state index contributed by atoms with van der Waals surface area (Å²) in [4.78, 5) is 5.05. The molecule has 0 saturated carbocycles. The number of benzene rings is 3. The van der Waals surface area contributed by atoms with E-state index in [-0.39, 0.29) is 0 Å². The van der Waals surface area contributed by atoms with Crippen LogP contribution in [-0.2, 0) is 12.8 Å². The van der Waals surface area contributed by atoms with Crippen molar-refractivity contribution in [3.63, 3.8) is 0 Å². The number of aryl methyl sites for hydroxylation is 2. The lowest BCUT2D eigenvalue weighted by Crippen LogP contribution is -1.99. The predicted octanol–water partition coefficient (Wildman–Crippen LogP) is 8.17. The number of hydrogen-bond acceptors (Lipinski definition) is 1. The zero-order chi connectivity index (χ0) is 20.5. The van der Waals surface area contributed by atoms with E-state index in [0.717, 1.165) is 52.9 Å². The van der Waals surface area contributed by atoms with Gasteiger partial charge in [-0.05, 0) is 42.3 Å². The van der Waals surface area contributed by atoms with Crippen LogP contribution in [0.2, 0.25) is 15.1 Å². The van der Waals surface area contributed by atoms with Crippen molar-refractivity contribution in [1.82, 2.24) is 9.55 Å². The van der Waals surface area contributed by atoms with Crippen molar-refractivity contribution in [2.75, 3.05) is 0 Å². The number of para-hydroxylation sites is 1. The van der Waals surface area contributed by atoms with Crippen molar-refractivity contribution in [2.45, 2.75) is 33.1 Å². The fourth-order valence-corrected chi connectivity index (χ4v) is 4.47. The van der Waals surface area contributed by atoms with E-state index >= 15 is 0 Å². The van der Waals surface area contributed by atoms with Gasteiger partial charge in [0.15, 0.2) is 0 Å². The van der Waals surface area contributed by atoms with E-state index in [2.05, 4.69) is 42.7 Å². The minimum atomic E-state index is 0.452. The molecule has 1 heterocycles. The maximum atomic E-state index is 6.63. The molecule has 4 aromatic rings. The molecule has 0 aliphatic heterocycles. The lowest BCUT2D eigenvalue weighted by atomic mass is 9.95. The third-order valence-electron chi connectivity index (χ3n) is 5.11. The number of fused-ring (bicyclic) bond motifs is 1. The first-order valence-electron chi connectivity index (χ1n) is 9.78. The molecular formula is C24H21Cl3N2. The zero-order valence-electron chi connectivity index (χ0n) is 16.3. The van der Waals surface area contributed by atoms with E-state index in [9.17, 15) is 0 Å². The number of rotatable bonds is 5. The Kier molecular flexibility index (Phi) is 5.87. The van der Waals surface area contributed by atoms with Crippen molar-refractivity contribution in [1.29, 1.82) is 0 Å². The van der Waals surface area contributed by atoms with Crippen LogP contribution in [-0.4, -0.2) is 9.55 Å². The molecule has 29 heavy (non-hydrogen) atoms. The highest BCUT2D eigenvalue weighted by Gasteiger charge is 2.20. The van der Waals surface area contributed by atoms with Crippen molar-refractivity contribution in [3.8, 4) is 16.8 Å². The quantitative estimate of drug-likeness (QED) is 0.284. The molecule has 0 saturated heterocycles. The van der Waals surface area contributed by atoms with E-state index in [1.54, 1.807) is 6.07 Å². The zero-order valence-corrected chi connectivity index (χ0v) is 18.6. The molecular weight excluding hydrogens is 423 g/mol. The van der Waals surface area contributed by atoms with Gasteiger partial charge in [0.05, 0.1) is 26.1 Å². The molecule has 0 fully saturated rings. The molecule has 0 aliphatic rings. The minimum absolute atomic E-state index is 0.452. The Hall–Kier alpha value is -2.00. The van der Waals surface area contributed by atoms with Gasteiger partial charge in [-0.3, -0.25) is 4.57 Å². The summed E-state index contributed by atoms with van der Waals surface area (Å²) in [5, 5.41) is 1.52. The van der Waals surface area contributed by atoms with Crippen molar-refractivity contribution < 1.29 is 0 Å². The van der Waals surface area contributed by atoms with Gasteiger partial charge < -0.3 is 0 Å². The molecule has 0 spiro atoms. The second-order valence-corrected chi connectivity index (χ2v) is 8.24. The van der Waals surface area contributed by atoms with Crippen LogP contribution in [0.1, 0.15) is 31.7 Å². The van der Waals surface area contributed by atoms with Crippen LogP contribution in [0.5, 0.6) is 0 Å². The fourth-order valence-electron chi connectivity index (χ4n) is 3.83. The molecule has 0 amide bonds. The molecule has 1 aromatic heterocycles. The Morgan fingerprint density at radius 3 is 2.28 bits per heavy atom. The summed E-state index contributed by atoms with van der Waals surface area (Å²) < 4.78 is 2.22. The van der Waals surface area contributed by atoms with Gasteiger partial charge in [-0.15, -0.1) is 0 Å². The van der Waals surface area contributed by atoms with Crippen molar-refractivity contribution >= 4 is 45.8 Å². The van der Waals surface area contributed by atoms with Crippen LogP contribution >= 0.6 is 34.8 Å². The van der Waals surface area contributed by atoms with Gasteiger partial charge in [0.2, 0.25) is 0 Å². The van der Waals surface area contributed by atoms with E-state index in [0.29, 0.717) is 15.1 Å². The highest BCUT2D eigenvalue weighted by molar-refractivity contribution is 6.44. The van der Waals surface area contributed by atoms with Gasteiger partial charge in [-0.1, -0.05) is 79.3 Å². The number of aromatic nitrogens is 2. The molecule has 0 bridgehead atoms. The highest BCUT2D eigenvalue weighted by atomic mass is 35.5. The van der Waals surface area contributed by atoms with Crippen LogP contribution in [0.15, 0.2) is 54.6 Å². The Labute approximate surface area is 186 Å². The van der Waals surface area contributed by atoms with Gasteiger partial charge in [0.1, 0.15) is 5.82 Å². The molecule has 0 aliphatic carbocycles. The van der Waals surface area contributed by atoms with E-state index in [4.69, 9.17) is 39.8 Å². The first kappa shape index (κ1) is 20.3. The van der Waals surface area contributed by atoms with Crippen LogP contribution in [0.25, 0.3) is 27.8 Å². The first-order chi connectivity index (χ1) is 14.0. The van der Waals surface area contributed by atoms with Crippen molar-refractivity contribution in [2.24, 2.45) is 0 Å². The summed E-state index contributed by atoms with van der Waals surface area (Å²) in [6, 6.07) is 18.2. The third kappa shape index (κ3) is 3.66. The lowest BCUT2D eigenvalue weighted by molar-refractivity contribution is 0.908. The van der Waals surface area contributed by atoms with Crippen LogP contribution in [0, 0.1) is 0 Å². The number of hydrogen-bond donors (Lipinski definition) is 0. The van der Waals surface area contributed by atoms with E-state index in [1.807, 2.05) is 24.3 Å². The standard InChI is InChI=1S/C24H21Cl3N2/c1-3-8-15-11-12-21-24(23(15)17-13-19(26)20(27)14-18(17)25)28-22(4-2)29(21)16-9-6-5-7-10-16/h5-7,9-14H,3-4,8H2,1-2H3. The lowest BCUT2D eigenvalue weighted by Gasteiger charge is -2.14. The maximum absolute atomic E-state index is 6.63. The Morgan fingerprint density at radius 2 is 1.59 bits per heavy atom. The summed E-state index contributed by atoms with van der Waals surface area (Å²) in [6.45, 7) is 4.30. The SMILES string of the molecule is CCCc1ccc2c(nc(CC)n2-c2ccccc2)c1-c1cc(Cl)c(Cl)cc1Cl. The Balaban J connectivity index is 2.09. The van der Waals surface area contributed by atoms with Crippen molar-refractivity contribution in [3.05, 3.63) is 81.1 Å². The maximum Gasteiger partial charge on any atom is 0.114 e. The Morgan fingerprint density at radius 1 is 0.862 bits per heavy atom. The minimum Gasteiger partial charge on any atom is -0.296 e. The first-order valence-corrected chi connectivity index (χ1v) is 10.9. The topological polar surface area (TPSA) is 17.8 Å². The second-order valence-electron chi connectivity index (χ2n) is 7.02. The van der Waals surface area contributed by atoms with Gasteiger partial charge in [0, 0.05) is 23.2 Å². The second kappa shape index (κ2) is 8.39.